The molecule has 2 fully saturated rings. The fraction of sp³-hybridized carbons (Fsp3) is 0.486. The standard InChI is InChI=1S/C37H52N4O3/c1-8-41(34-13-17-43-18-14-34)36-22-35(33-11-9-32(10-12-33)24-40-15-19-44-20-16-40)29(5)37(30(36)6)31(7)38-23-27(3)26(2)21-28(4)39-25-42/h9-12,21-22,25,34,38H,7-8,13-20,23-24H2,1-6H3,(H,39,42)/b27-26+,28-21-. The zero-order valence-electron chi connectivity index (χ0n) is 27.7. The molecule has 2 N–H and O–H groups in total. The van der Waals surface area contributed by atoms with E-state index in [-0.39, 0.29) is 0 Å². The number of hydrogen-bond donors (Lipinski definition) is 2. The Morgan fingerprint density at radius 1 is 1.02 bits per heavy atom. The smallest absolute Gasteiger partial charge is 0.211 e. The summed E-state index contributed by atoms with van der Waals surface area (Å²) < 4.78 is 11.3. The second kappa shape index (κ2) is 16.1. The van der Waals surface area contributed by atoms with Gasteiger partial charge in [-0.25, -0.2) is 0 Å². The molecule has 2 aliphatic rings. The summed E-state index contributed by atoms with van der Waals surface area (Å²) in [4.78, 5) is 15.9. The van der Waals surface area contributed by atoms with Crippen LogP contribution in [0.3, 0.4) is 0 Å². The molecular weight excluding hydrogens is 548 g/mol. The molecule has 0 aliphatic carbocycles. The van der Waals surface area contributed by atoms with Gasteiger partial charge in [-0.15, -0.1) is 0 Å². The molecule has 0 radical (unpaired) electrons. The van der Waals surface area contributed by atoms with Crippen molar-refractivity contribution in [1.29, 1.82) is 0 Å². The van der Waals surface area contributed by atoms with Crippen LogP contribution in [-0.2, 0) is 20.8 Å². The lowest BCUT2D eigenvalue weighted by molar-refractivity contribution is -0.108. The minimum Gasteiger partial charge on any atom is -0.381 e. The van der Waals surface area contributed by atoms with Gasteiger partial charge in [-0.2, -0.15) is 0 Å². The molecule has 2 aromatic rings. The van der Waals surface area contributed by atoms with E-state index in [0.29, 0.717) is 19.0 Å². The molecule has 7 nitrogen and oxygen atoms in total. The number of allylic oxidation sites excluding steroid dienone is 3. The topological polar surface area (TPSA) is 66.1 Å². The van der Waals surface area contributed by atoms with E-state index in [1.807, 2.05) is 13.0 Å². The van der Waals surface area contributed by atoms with E-state index in [9.17, 15) is 4.79 Å². The summed E-state index contributed by atoms with van der Waals surface area (Å²) in [5, 5.41) is 6.36. The van der Waals surface area contributed by atoms with Crippen molar-refractivity contribution in [3.05, 3.63) is 82.1 Å². The molecule has 44 heavy (non-hydrogen) atoms. The first-order valence-corrected chi connectivity index (χ1v) is 16.1. The van der Waals surface area contributed by atoms with E-state index in [0.717, 1.165) is 82.4 Å². The molecular formula is C37H52N4O3. The van der Waals surface area contributed by atoms with Gasteiger partial charge in [0, 0.05) is 74.6 Å². The lowest BCUT2D eigenvalue weighted by atomic mass is 9.89. The first kappa shape index (κ1) is 33.5. The van der Waals surface area contributed by atoms with E-state index < -0.39 is 0 Å². The Bertz CT molecular complexity index is 1350. The molecule has 1 amide bonds. The van der Waals surface area contributed by atoms with Gasteiger partial charge in [-0.3, -0.25) is 9.69 Å². The van der Waals surface area contributed by atoms with Crippen molar-refractivity contribution < 1.29 is 14.3 Å². The van der Waals surface area contributed by atoms with Crippen LogP contribution in [0.2, 0.25) is 0 Å². The van der Waals surface area contributed by atoms with Crippen LogP contribution in [0.15, 0.2) is 59.8 Å². The third-order valence-electron chi connectivity index (χ3n) is 9.14. The third kappa shape index (κ3) is 8.40. The maximum atomic E-state index is 10.8. The molecule has 2 heterocycles. The van der Waals surface area contributed by atoms with Crippen LogP contribution in [0.25, 0.3) is 16.8 Å². The number of rotatable bonds is 13. The summed E-state index contributed by atoms with van der Waals surface area (Å²) in [6, 6.07) is 12.0. The summed E-state index contributed by atoms with van der Waals surface area (Å²) in [6.45, 7) is 25.1. The molecule has 2 aromatic carbocycles. The third-order valence-corrected chi connectivity index (χ3v) is 9.14. The number of anilines is 1. The fourth-order valence-electron chi connectivity index (χ4n) is 6.43. The van der Waals surface area contributed by atoms with E-state index in [1.54, 1.807) is 0 Å². The lowest BCUT2D eigenvalue weighted by Gasteiger charge is -2.37. The van der Waals surface area contributed by atoms with Crippen LogP contribution >= 0.6 is 0 Å². The summed E-state index contributed by atoms with van der Waals surface area (Å²) in [6.07, 6.45) is 4.79. The minimum absolute atomic E-state index is 0.454. The monoisotopic (exact) mass is 600 g/mol. The van der Waals surface area contributed by atoms with Crippen LogP contribution in [0, 0.1) is 13.8 Å². The molecule has 7 heteroatoms. The molecule has 0 aromatic heterocycles. The highest BCUT2D eigenvalue weighted by Gasteiger charge is 2.25. The number of nitrogens with zero attached hydrogens (tertiary/aromatic N) is 2. The molecule has 0 bridgehead atoms. The van der Waals surface area contributed by atoms with Gasteiger partial charge >= 0.3 is 0 Å². The van der Waals surface area contributed by atoms with Crippen LogP contribution in [-0.4, -0.2) is 70.0 Å². The number of nitrogens with one attached hydrogen (secondary N) is 2. The van der Waals surface area contributed by atoms with E-state index in [4.69, 9.17) is 9.47 Å². The van der Waals surface area contributed by atoms with Crippen LogP contribution in [0.4, 0.5) is 5.69 Å². The number of morpholine rings is 1. The van der Waals surface area contributed by atoms with Gasteiger partial charge in [0.05, 0.1) is 13.2 Å². The largest absolute Gasteiger partial charge is 0.381 e. The Hall–Kier alpha value is -3.39. The SMILES string of the molecule is C=C(NC/C(C)=C(C)/C=C(/C)NC=O)c1c(C)c(-c2ccc(CN3CCOCC3)cc2)cc(N(CC)C2CCOCC2)c1C. The van der Waals surface area contributed by atoms with Gasteiger partial charge in [-0.1, -0.05) is 36.4 Å². The summed E-state index contributed by atoms with van der Waals surface area (Å²) >= 11 is 0. The van der Waals surface area contributed by atoms with Crippen molar-refractivity contribution in [3.8, 4) is 11.1 Å². The quantitative estimate of drug-likeness (QED) is 0.206. The number of carbonyl (C=O) groups is 1. The molecule has 0 unspecified atom stereocenters. The lowest BCUT2D eigenvalue weighted by Crippen LogP contribution is -2.40. The Labute approximate surface area is 265 Å². The van der Waals surface area contributed by atoms with Crippen LogP contribution in [0.5, 0.6) is 0 Å². The molecule has 0 saturated carbocycles. The Kier molecular flexibility index (Phi) is 12.2. The molecule has 0 atom stereocenters. The first-order valence-electron chi connectivity index (χ1n) is 16.1. The first-order chi connectivity index (χ1) is 21.2. The summed E-state index contributed by atoms with van der Waals surface area (Å²) in [5.41, 5.74) is 12.8. The summed E-state index contributed by atoms with van der Waals surface area (Å²) in [7, 11) is 0. The Morgan fingerprint density at radius 3 is 2.32 bits per heavy atom. The zero-order chi connectivity index (χ0) is 31.6. The van der Waals surface area contributed by atoms with Gasteiger partial charge in [-0.05, 0) is 99.9 Å². The minimum atomic E-state index is 0.454. The molecule has 2 aliphatic heterocycles. The average Bonchev–Trinajstić information content (AvgIpc) is 3.03. The normalized spacial score (nSPS) is 17.2. The van der Waals surface area contributed by atoms with Gasteiger partial charge in [0.15, 0.2) is 0 Å². The van der Waals surface area contributed by atoms with Gasteiger partial charge in [0.25, 0.3) is 0 Å². The Balaban J connectivity index is 1.69. The van der Waals surface area contributed by atoms with Crippen molar-refractivity contribution in [2.45, 2.75) is 67.0 Å². The summed E-state index contributed by atoms with van der Waals surface area (Å²) in [5.74, 6) is 0. The van der Waals surface area contributed by atoms with Gasteiger partial charge < -0.3 is 25.0 Å². The molecule has 2 saturated heterocycles. The van der Waals surface area contributed by atoms with Crippen molar-refractivity contribution in [2.24, 2.45) is 0 Å². The highest BCUT2D eigenvalue weighted by Crippen LogP contribution is 2.39. The van der Waals surface area contributed by atoms with Crippen molar-refractivity contribution in [3.63, 3.8) is 0 Å². The molecule has 4 rings (SSSR count). The molecule has 0 spiro atoms. The highest BCUT2D eigenvalue weighted by molar-refractivity contribution is 5.83. The second-order valence-corrected chi connectivity index (χ2v) is 12.2. The van der Waals surface area contributed by atoms with Crippen LogP contribution in [0.1, 0.15) is 62.8 Å². The predicted octanol–water partition coefficient (Wildman–Crippen LogP) is 6.35. The number of hydrogen-bond acceptors (Lipinski definition) is 6. The number of amides is 1. The van der Waals surface area contributed by atoms with Gasteiger partial charge in [0.2, 0.25) is 6.41 Å². The van der Waals surface area contributed by atoms with Crippen LogP contribution < -0.4 is 15.5 Å². The highest BCUT2D eigenvalue weighted by atomic mass is 16.5. The second-order valence-electron chi connectivity index (χ2n) is 12.2. The van der Waals surface area contributed by atoms with Gasteiger partial charge in [0.1, 0.15) is 0 Å². The number of ether oxygens (including phenoxy) is 2. The number of benzene rings is 2. The average molecular weight is 601 g/mol. The zero-order valence-corrected chi connectivity index (χ0v) is 27.7. The maximum Gasteiger partial charge on any atom is 0.211 e. The molecule has 238 valence electrons. The van der Waals surface area contributed by atoms with E-state index in [2.05, 4.69) is 92.0 Å². The number of carbonyl (C=O) groups excluding carboxylic acids is 1. The fourth-order valence-corrected chi connectivity index (χ4v) is 6.43. The van der Waals surface area contributed by atoms with Crippen molar-refractivity contribution >= 4 is 17.8 Å². The van der Waals surface area contributed by atoms with Crippen molar-refractivity contribution in [2.75, 3.05) is 57.5 Å². The van der Waals surface area contributed by atoms with E-state index in [1.165, 1.54) is 44.6 Å². The van der Waals surface area contributed by atoms with E-state index >= 15 is 0 Å². The van der Waals surface area contributed by atoms with Crippen molar-refractivity contribution in [1.82, 2.24) is 15.5 Å². The predicted molar refractivity (Wildman–Crippen MR) is 183 cm³/mol. The Morgan fingerprint density at radius 2 is 1.68 bits per heavy atom. The maximum absolute atomic E-state index is 10.8.